The van der Waals surface area contributed by atoms with Crippen LogP contribution < -0.4 is 0 Å². The van der Waals surface area contributed by atoms with Gasteiger partial charge >= 0.3 is 0 Å². The van der Waals surface area contributed by atoms with Crippen molar-refractivity contribution in [1.29, 1.82) is 0 Å². The van der Waals surface area contributed by atoms with Gasteiger partial charge in [-0.15, -0.1) is 0 Å². The normalized spacial score (nSPS) is 12.0. The second kappa shape index (κ2) is 7.84. The SMILES string of the molecule is CC(C)(COCC(C)(C)c1ccc([N+](=O)[O-])cc1)c1ccc([N+](=O)[O-])cc1. The highest BCUT2D eigenvalue weighted by Crippen LogP contribution is 2.29. The number of rotatable bonds is 8. The molecule has 0 saturated heterocycles. The summed E-state index contributed by atoms with van der Waals surface area (Å²) in [4.78, 5) is 20.7. The summed E-state index contributed by atoms with van der Waals surface area (Å²) in [5, 5.41) is 21.6. The highest BCUT2D eigenvalue weighted by molar-refractivity contribution is 5.37. The molecule has 0 radical (unpaired) electrons. The van der Waals surface area contributed by atoms with Gasteiger partial charge in [-0.25, -0.2) is 0 Å². The number of ether oxygens (including phenoxy) is 1. The Hall–Kier alpha value is -2.80. The Morgan fingerprint density at radius 1 is 0.704 bits per heavy atom. The fourth-order valence-electron chi connectivity index (χ4n) is 2.80. The molecule has 0 aliphatic rings. The van der Waals surface area contributed by atoms with Crippen LogP contribution in [0.4, 0.5) is 11.4 Å². The topological polar surface area (TPSA) is 95.5 Å². The van der Waals surface area contributed by atoms with E-state index in [2.05, 4.69) is 0 Å². The number of hydrogen-bond acceptors (Lipinski definition) is 5. The standard InChI is InChI=1S/C20H24N2O5/c1-19(2,15-5-9-17(10-6-15)21(23)24)13-27-14-20(3,4)16-7-11-18(12-8-16)22(25)26/h5-12H,13-14H2,1-4H3. The van der Waals surface area contributed by atoms with Crippen molar-refractivity contribution in [2.24, 2.45) is 0 Å². The van der Waals surface area contributed by atoms with Gasteiger partial charge in [-0.05, 0) is 11.1 Å². The Morgan fingerprint density at radius 3 is 1.26 bits per heavy atom. The summed E-state index contributed by atoms with van der Waals surface area (Å²) >= 11 is 0. The zero-order valence-electron chi connectivity index (χ0n) is 16.0. The quantitative estimate of drug-likeness (QED) is 0.491. The van der Waals surface area contributed by atoms with Crippen molar-refractivity contribution < 1.29 is 14.6 Å². The summed E-state index contributed by atoms with van der Waals surface area (Å²) in [5.41, 5.74) is 1.44. The van der Waals surface area contributed by atoms with E-state index in [1.54, 1.807) is 24.3 Å². The summed E-state index contributed by atoms with van der Waals surface area (Å²) in [5.74, 6) is 0. The first kappa shape index (κ1) is 20.5. The van der Waals surface area contributed by atoms with E-state index >= 15 is 0 Å². The number of nitrogens with zero attached hydrogens (tertiary/aromatic N) is 2. The molecule has 7 heteroatoms. The average Bonchev–Trinajstić information content (AvgIpc) is 2.61. The monoisotopic (exact) mass is 372 g/mol. The van der Waals surface area contributed by atoms with Gasteiger partial charge in [0.15, 0.2) is 0 Å². The third-order valence-electron chi connectivity index (χ3n) is 4.65. The Bertz CT molecular complexity index is 742. The van der Waals surface area contributed by atoms with Gasteiger partial charge in [0.2, 0.25) is 0 Å². The van der Waals surface area contributed by atoms with Crippen LogP contribution in [0.1, 0.15) is 38.8 Å². The van der Waals surface area contributed by atoms with Crippen LogP contribution in [0.5, 0.6) is 0 Å². The molecular formula is C20H24N2O5. The maximum atomic E-state index is 10.8. The number of non-ortho nitro benzene ring substituents is 2. The lowest BCUT2D eigenvalue weighted by Crippen LogP contribution is -2.30. The average molecular weight is 372 g/mol. The molecule has 0 aliphatic heterocycles. The lowest BCUT2D eigenvalue weighted by molar-refractivity contribution is -0.385. The highest BCUT2D eigenvalue weighted by Gasteiger charge is 2.26. The maximum absolute atomic E-state index is 10.8. The van der Waals surface area contributed by atoms with Crippen molar-refractivity contribution >= 4 is 11.4 Å². The highest BCUT2D eigenvalue weighted by atomic mass is 16.6. The number of benzene rings is 2. The van der Waals surface area contributed by atoms with Gasteiger partial charge in [-0.1, -0.05) is 52.0 Å². The van der Waals surface area contributed by atoms with Crippen LogP contribution in [0, 0.1) is 20.2 Å². The van der Waals surface area contributed by atoms with E-state index in [4.69, 9.17) is 4.74 Å². The smallest absolute Gasteiger partial charge is 0.269 e. The van der Waals surface area contributed by atoms with Crippen LogP contribution in [-0.4, -0.2) is 23.1 Å². The van der Waals surface area contributed by atoms with Crippen molar-refractivity contribution in [3.63, 3.8) is 0 Å². The minimum Gasteiger partial charge on any atom is -0.380 e. The van der Waals surface area contributed by atoms with E-state index in [0.717, 1.165) is 11.1 Å². The van der Waals surface area contributed by atoms with Crippen LogP contribution in [-0.2, 0) is 15.6 Å². The van der Waals surface area contributed by atoms with Gasteiger partial charge in [0, 0.05) is 35.1 Å². The molecule has 0 aliphatic carbocycles. The first-order chi connectivity index (χ1) is 12.5. The van der Waals surface area contributed by atoms with Gasteiger partial charge in [-0.2, -0.15) is 0 Å². The van der Waals surface area contributed by atoms with Crippen molar-refractivity contribution in [3.8, 4) is 0 Å². The van der Waals surface area contributed by atoms with Crippen LogP contribution >= 0.6 is 0 Å². The summed E-state index contributed by atoms with van der Waals surface area (Å²) in [6, 6.07) is 13.0. The van der Waals surface area contributed by atoms with Crippen LogP contribution in [0.3, 0.4) is 0 Å². The minimum absolute atomic E-state index is 0.0646. The van der Waals surface area contributed by atoms with E-state index in [0.29, 0.717) is 13.2 Å². The molecule has 0 bridgehead atoms. The maximum Gasteiger partial charge on any atom is 0.269 e. The Labute approximate surface area is 158 Å². The third-order valence-corrected chi connectivity index (χ3v) is 4.65. The van der Waals surface area contributed by atoms with E-state index in [-0.39, 0.29) is 22.2 Å². The van der Waals surface area contributed by atoms with E-state index in [1.165, 1.54) is 24.3 Å². The Kier molecular flexibility index (Phi) is 5.95. The van der Waals surface area contributed by atoms with Crippen LogP contribution in [0.25, 0.3) is 0 Å². The minimum atomic E-state index is -0.417. The third kappa shape index (κ3) is 5.10. The van der Waals surface area contributed by atoms with Crippen molar-refractivity contribution in [1.82, 2.24) is 0 Å². The van der Waals surface area contributed by atoms with Gasteiger partial charge in [0.1, 0.15) is 0 Å². The molecule has 0 spiro atoms. The molecule has 0 atom stereocenters. The Balaban J connectivity index is 2.00. The molecule has 2 rings (SSSR count). The number of nitro benzene ring substituents is 2. The molecule has 0 heterocycles. The van der Waals surface area contributed by atoms with Crippen LogP contribution in [0.15, 0.2) is 48.5 Å². The van der Waals surface area contributed by atoms with Crippen molar-refractivity contribution in [2.45, 2.75) is 38.5 Å². The van der Waals surface area contributed by atoms with Gasteiger partial charge in [0.05, 0.1) is 23.1 Å². The molecule has 27 heavy (non-hydrogen) atoms. The van der Waals surface area contributed by atoms with Gasteiger partial charge in [-0.3, -0.25) is 20.2 Å². The second-order valence-electron chi connectivity index (χ2n) is 7.87. The van der Waals surface area contributed by atoms with E-state index in [1.807, 2.05) is 27.7 Å². The molecule has 2 aromatic rings. The summed E-state index contributed by atoms with van der Waals surface area (Å²) in [6.07, 6.45) is 0. The fraction of sp³-hybridized carbons (Fsp3) is 0.400. The second-order valence-corrected chi connectivity index (χ2v) is 7.87. The summed E-state index contributed by atoms with van der Waals surface area (Å²) in [6.45, 7) is 8.97. The zero-order chi connectivity index (χ0) is 20.2. The molecular weight excluding hydrogens is 348 g/mol. The summed E-state index contributed by atoms with van der Waals surface area (Å²) < 4.78 is 5.96. The van der Waals surface area contributed by atoms with Crippen LogP contribution in [0.2, 0.25) is 0 Å². The zero-order valence-corrected chi connectivity index (χ0v) is 16.0. The van der Waals surface area contributed by atoms with Crippen molar-refractivity contribution in [3.05, 3.63) is 79.9 Å². The number of nitro groups is 2. The fourth-order valence-corrected chi connectivity index (χ4v) is 2.80. The number of hydrogen-bond donors (Lipinski definition) is 0. The lowest BCUT2D eigenvalue weighted by atomic mass is 9.84. The molecule has 0 fully saturated rings. The largest absolute Gasteiger partial charge is 0.380 e. The molecule has 0 saturated carbocycles. The first-order valence-electron chi connectivity index (χ1n) is 8.60. The molecule has 0 aromatic heterocycles. The predicted octanol–water partition coefficient (Wildman–Crippen LogP) is 4.78. The van der Waals surface area contributed by atoms with Crippen molar-refractivity contribution in [2.75, 3.05) is 13.2 Å². The predicted molar refractivity (Wildman–Crippen MR) is 103 cm³/mol. The molecule has 7 nitrogen and oxygen atoms in total. The van der Waals surface area contributed by atoms with E-state index in [9.17, 15) is 20.2 Å². The molecule has 0 N–H and O–H groups in total. The van der Waals surface area contributed by atoms with Gasteiger partial charge in [0.25, 0.3) is 11.4 Å². The molecule has 144 valence electrons. The molecule has 2 aromatic carbocycles. The molecule has 0 amide bonds. The summed E-state index contributed by atoms with van der Waals surface area (Å²) in [7, 11) is 0. The lowest BCUT2D eigenvalue weighted by Gasteiger charge is -2.29. The van der Waals surface area contributed by atoms with E-state index < -0.39 is 9.85 Å². The Morgan fingerprint density at radius 2 is 1.00 bits per heavy atom. The molecule has 0 unspecified atom stereocenters. The first-order valence-corrected chi connectivity index (χ1v) is 8.60. The van der Waals surface area contributed by atoms with Gasteiger partial charge < -0.3 is 4.74 Å².